The van der Waals surface area contributed by atoms with E-state index in [-0.39, 0.29) is 11.9 Å². The normalized spacial score (nSPS) is 14.8. The Balaban J connectivity index is 1.66. The number of pyridine rings is 1. The zero-order chi connectivity index (χ0) is 19.7. The van der Waals surface area contributed by atoms with Gasteiger partial charge in [-0.1, -0.05) is 17.5 Å². The summed E-state index contributed by atoms with van der Waals surface area (Å²) in [6, 6.07) is 7.34. The van der Waals surface area contributed by atoms with Crippen molar-refractivity contribution in [3.05, 3.63) is 52.3 Å². The fraction of sp³-hybridized carbons (Fsp3) is 0.286. The van der Waals surface area contributed by atoms with Crippen molar-refractivity contribution in [2.75, 3.05) is 18.4 Å². The fourth-order valence-corrected chi connectivity index (χ4v) is 3.90. The van der Waals surface area contributed by atoms with Crippen LogP contribution >= 0.6 is 11.6 Å². The van der Waals surface area contributed by atoms with Gasteiger partial charge in [-0.05, 0) is 57.1 Å². The number of hydrogen-bond donors (Lipinski definition) is 2. The number of carbonyl (C=O) groups is 1. The third-order valence-electron chi connectivity index (χ3n) is 5.04. The van der Waals surface area contributed by atoms with Gasteiger partial charge in [0.15, 0.2) is 5.65 Å². The highest BCUT2D eigenvalue weighted by atomic mass is 35.5. The Morgan fingerprint density at radius 2 is 2.04 bits per heavy atom. The molecule has 2 aromatic heterocycles. The molecule has 4 rings (SSSR count). The number of nitrogens with one attached hydrogen (secondary N) is 2. The van der Waals surface area contributed by atoms with Gasteiger partial charge in [-0.15, -0.1) is 6.42 Å². The van der Waals surface area contributed by atoms with Crippen molar-refractivity contribution in [3.8, 4) is 12.3 Å². The minimum Gasteiger partial charge on any atom is -0.322 e. The number of amides is 1. The van der Waals surface area contributed by atoms with Crippen molar-refractivity contribution in [1.82, 2.24) is 20.1 Å². The molecule has 3 aromatic rings. The Kier molecular flexibility index (Phi) is 5.03. The lowest BCUT2D eigenvalue weighted by Crippen LogP contribution is -2.30. The maximum absolute atomic E-state index is 12.7. The van der Waals surface area contributed by atoms with E-state index in [9.17, 15) is 4.79 Å². The van der Waals surface area contributed by atoms with E-state index in [1.165, 1.54) is 6.20 Å². The Labute approximate surface area is 168 Å². The second-order valence-electron chi connectivity index (χ2n) is 6.87. The standard InChI is InChI=1S/C21H20ClN5O/c1-3-14-4-6-15(7-5-14)25-21(28)17-12-24-20-18(19(17)22)13(2)26-27(20)16-8-10-23-11-9-16/h1,4-7,12,16,23H,8-11H2,2H3,(H,25,28). The summed E-state index contributed by atoms with van der Waals surface area (Å²) < 4.78 is 1.96. The molecule has 0 atom stereocenters. The van der Waals surface area contributed by atoms with Crippen LogP contribution in [0.5, 0.6) is 0 Å². The molecular formula is C21H20ClN5O. The van der Waals surface area contributed by atoms with Crippen LogP contribution in [0.25, 0.3) is 11.0 Å². The SMILES string of the molecule is C#Cc1ccc(NC(=O)c2cnc3c(c(C)nn3C3CCNCC3)c2Cl)cc1. The number of anilines is 1. The van der Waals surface area contributed by atoms with Gasteiger partial charge < -0.3 is 10.6 Å². The Hall–Kier alpha value is -2.88. The van der Waals surface area contributed by atoms with E-state index in [1.807, 2.05) is 11.6 Å². The minimum atomic E-state index is -0.318. The van der Waals surface area contributed by atoms with E-state index >= 15 is 0 Å². The maximum atomic E-state index is 12.7. The molecule has 2 N–H and O–H groups in total. The number of nitrogens with zero attached hydrogens (tertiary/aromatic N) is 3. The number of hydrogen-bond acceptors (Lipinski definition) is 4. The predicted molar refractivity (Wildman–Crippen MR) is 111 cm³/mol. The van der Waals surface area contributed by atoms with Crippen LogP contribution in [0.4, 0.5) is 5.69 Å². The minimum absolute atomic E-state index is 0.287. The van der Waals surface area contributed by atoms with E-state index in [0.29, 0.717) is 16.3 Å². The van der Waals surface area contributed by atoms with Gasteiger partial charge in [-0.25, -0.2) is 9.67 Å². The van der Waals surface area contributed by atoms with E-state index < -0.39 is 0 Å². The van der Waals surface area contributed by atoms with Gasteiger partial charge in [-0.2, -0.15) is 5.10 Å². The molecule has 1 amide bonds. The Bertz CT molecular complexity index is 1070. The zero-order valence-electron chi connectivity index (χ0n) is 15.5. The Morgan fingerprint density at radius 3 is 2.71 bits per heavy atom. The number of fused-ring (bicyclic) bond motifs is 1. The lowest BCUT2D eigenvalue weighted by Gasteiger charge is -2.23. The number of carbonyl (C=O) groups excluding carboxylic acids is 1. The number of terminal acetylenes is 1. The van der Waals surface area contributed by atoms with Gasteiger partial charge in [0.2, 0.25) is 0 Å². The first-order valence-corrected chi connectivity index (χ1v) is 9.58. The number of halogens is 1. The van der Waals surface area contributed by atoms with Crippen LogP contribution in [0.1, 0.15) is 40.5 Å². The summed E-state index contributed by atoms with van der Waals surface area (Å²) in [7, 11) is 0. The third kappa shape index (κ3) is 3.35. The van der Waals surface area contributed by atoms with Crippen LogP contribution in [-0.4, -0.2) is 33.8 Å². The van der Waals surface area contributed by atoms with Crippen molar-refractivity contribution in [3.63, 3.8) is 0 Å². The monoisotopic (exact) mass is 393 g/mol. The van der Waals surface area contributed by atoms with Crippen LogP contribution in [-0.2, 0) is 0 Å². The van der Waals surface area contributed by atoms with Crippen LogP contribution in [0.3, 0.4) is 0 Å². The molecular weight excluding hydrogens is 374 g/mol. The van der Waals surface area contributed by atoms with E-state index in [2.05, 4.69) is 26.6 Å². The van der Waals surface area contributed by atoms with Gasteiger partial charge >= 0.3 is 0 Å². The van der Waals surface area contributed by atoms with Crippen LogP contribution < -0.4 is 10.6 Å². The predicted octanol–water partition coefficient (Wildman–Crippen LogP) is 3.55. The molecule has 1 saturated heterocycles. The van der Waals surface area contributed by atoms with Gasteiger partial charge in [0, 0.05) is 17.4 Å². The second-order valence-corrected chi connectivity index (χ2v) is 7.25. The maximum Gasteiger partial charge on any atom is 0.258 e. The van der Waals surface area contributed by atoms with Gasteiger partial charge in [-0.3, -0.25) is 4.79 Å². The highest BCUT2D eigenvalue weighted by molar-refractivity contribution is 6.39. The molecule has 3 heterocycles. The summed E-state index contributed by atoms with van der Waals surface area (Å²) in [5, 5.41) is 12.0. The van der Waals surface area contributed by atoms with Crippen LogP contribution in [0.2, 0.25) is 5.02 Å². The molecule has 142 valence electrons. The molecule has 28 heavy (non-hydrogen) atoms. The molecule has 0 unspecified atom stereocenters. The van der Waals surface area contributed by atoms with Gasteiger partial charge in [0.05, 0.1) is 27.7 Å². The summed E-state index contributed by atoms with van der Waals surface area (Å²) in [6.45, 7) is 3.81. The number of aryl methyl sites for hydroxylation is 1. The molecule has 1 aliphatic rings. The zero-order valence-corrected chi connectivity index (χ0v) is 16.3. The first-order valence-electron chi connectivity index (χ1n) is 9.20. The first kappa shape index (κ1) is 18.5. The number of benzene rings is 1. The van der Waals surface area contributed by atoms with Crippen LogP contribution in [0.15, 0.2) is 30.5 Å². The fourth-order valence-electron chi connectivity index (χ4n) is 3.55. The number of piperidine rings is 1. The molecule has 0 radical (unpaired) electrons. The van der Waals surface area contributed by atoms with Crippen molar-refractivity contribution < 1.29 is 4.79 Å². The smallest absolute Gasteiger partial charge is 0.258 e. The molecule has 0 aliphatic carbocycles. The summed E-state index contributed by atoms with van der Waals surface area (Å²) in [5.74, 6) is 2.23. The summed E-state index contributed by atoms with van der Waals surface area (Å²) in [4.78, 5) is 17.3. The second kappa shape index (κ2) is 7.63. The summed E-state index contributed by atoms with van der Waals surface area (Å²) in [5.41, 5.74) is 3.22. The molecule has 0 saturated carbocycles. The summed E-state index contributed by atoms with van der Waals surface area (Å²) >= 11 is 6.61. The molecule has 0 spiro atoms. The highest BCUT2D eigenvalue weighted by Crippen LogP contribution is 2.32. The lowest BCUT2D eigenvalue weighted by molar-refractivity contribution is 0.102. The van der Waals surface area contributed by atoms with Gasteiger partial charge in [0.25, 0.3) is 5.91 Å². The lowest BCUT2D eigenvalue weighted by atomic mass is 10.1. The largest absolute Gasteiger partial charge is 0.322 e. The number of rotatable bonds is 3. The quantitative estimate of drug-likeness (QED) is 0.667. The first-order chi connectivity index (χ1) is 13.6. The topological polar surface area (TPSA) is 71.8 Å². The molecule has 7 heteroatoms. The van der Waals surface area contributed by atoms with E-state index in [1.54, 1.807) is 24.3 Å². The van der Waals surface area contributed by atoms with Crippen LogP contribution in [0, 0.1) is 19.3 Å². The number of aromatic nitrogens is 3. The molecule has 1 fully saturated rings. The average molecular weight is 394 g/mol. The third-order valence-corrected chi connectivity index (χ3v) is 5.43. The van der Waals surface area contributed by atoms with Gasteiger partial charge in [0.1, 0.15) is 0 Å². The van der Waals surface area contributed by atoms with Crippen molar-refractivity contribution in [1.29, 1.82) is 0 Å². The van der Waals surface area contributed by atoms with E-state index in [4.69, 9.17) is 18.0 Å². The van der Waals surface area contributed by atoms with Crippen molar-refractivity contribution >= 4 is 34.2 Å². The average Bonchev–Trinajstić information content (AvgIpc) is 3.07. The molecule has 0 bridgehead atoms. The molecule has 1 aliphatic heterocycles. The summed E-state index contributed by atoms with van der Waals surface area (Å²) in [6.07, 6.45) is 8.87. The van der Waals surface area contributed by atoms with E-state index in [0.717, 1.165) is 48.2 Å². The van der Waals surface area contributed by atoms with Crippen molar-refractivity contribution in [2.45, 2.75) is 25.8 Å². The van der Waals surface area contributed by atoms with Crippen molar-refractivity contribution in [2.24, 2.45) is 0 Å². The molecule has 6 nitrogen and oxygen atoms in total. The Morgan fingerprint density at radius 1 is 1.32 bits per heavy atom. The molecule has 1 aromatic carbocycles. The highest BCUT2D eigenvalue weighted by Gasteiger charge is 2.24.